The van der Waals surface area contributed by atoms with Gasteiger partial charge in [0, 0.05) is 25.7 Å². The highest BCUT2D eigenvalue weighted by molar-refractivity contribution is 7.89. The molecule has 1 aromatic rings. The van der Waals surface area contributed by atoms with Crippen LogP contribution in [-0.4, -0.2) is 56.2 Å². The Labute approximate surface area is 170 Å². The number of carbonyl (C=O) groups excluding carboxylic acids is 3. The fourth-order valence-electron chi connectivity index (χ4n) is 2.98. The van der Waals surface area contributed by atoms with Crippen LogP contribution in [0.25, 0.3) is 0 Å². The van der Waals surface area contributed by atoms with E-state index in [9.17, 15) is 22.8 Å². The third kappa shape index (κ3) is 6.26. The molecule has 1 heterocycles. The SMILES string of the molecule is CCCCCOC(=O)CC1C(=O)NCCN1S(=O)(=O)c1ccc(NC(C)=O)cc1. The van der Waals surface area contributed by atoms with Gasteiger partial charge in [0.05, 0.1) is 17.9 Å². The molecule has 1 atom stereocenters. The number of esters is 1. The van der Waals surface area contributed by atoms with Gasteiger partial charge in [0.15, 0.2) is 0 Å². The van der Waals surface area contributed by atoms with E-state index in [2.05, 4.69) is 10.6 Å². The molecule has 0 spiro atoms. The number of nitrogens with one attached hydrogen (secondary N) is 2. The molecular weight excluding hydrogens is 398 g/mol. The van der Waals surface area contributed by atoms with Crippen molar-refractivity contribution in [2.75, 3.05) is 25.0 Å². The van der Waals surface area contributed by atoms with E-state index < -0.39 is 27.9 Å². The van der Waals surface area contributed by atoms with Gasteiger partial charge in [-0.3, -0.25) is 14.4 Å². The first-order valence-corrected chi connectivity index (χ1v) is 11.0. The Balaban J connectivity index is 2.14. The number of carbonyl (C=O) groups is 3. The third-order valence-electron chi connectivity index (χ3n) is 4.43. The normalized spacial score (nSPS) is 17.4. The van der Waals surface area contributed by atoms with Crippen molar-refractivity contribution < 1.29 is 27.5 Å². The van der Waals surface area contributed by atoms with Crippen LogP contribution >= 0.6 is 0 Å². The maximum atomic E-state index is 13.1. The van der Waals surface area contributed by atoms with Gasteiger partial charge in [-0.15, -0.1) is 0 Å². The summed E-state index contributed by atoms with van der Waals surface area (Å²) in [6.45, 7) is 3.83. The van der Waals surface area contributed by atoms with Crippen molar-refractivity contribution in [1.29, 1.82) is 0 Å². The molecule has 9 nitrogen and oxygen atoms in total. The molecule has 2 rings (SSSR count). The number of sulfonamides is 1. The minimum Gasteiger partial charge on any atom is -0.466 e. The Morgan fingerprint density at radius 1 is 1.24 bits per heavy atom. The van der Waals surface area contributed by atoms with Crippen LogP contribution in [0.5, 0.6) is 0 Å². The van der Waals surface area contributed by atoms with Gasteiger partial charge < -0.3 is 15.4 Å². The van der Waals surface area contributed by atoms with E-state index in [4.69, 9.17) is 4.74 Å². The van der Waals surface area contributed by atoms with Gasteiger partial charge in [-0.05, 0) is 30.7 Å². The first-order chi connectivity index (χ1) is 13.8. The molecule has 1 saturated heterocycles. The lowest BCUT2D eigenvalue weighted by molar-refractivity contribution is -0.147. The lowest BCUT2D eigenvalue weighted by Gasteiger charge is -2.33. The van der Waals surface area contributed by atoms with Crippen molar-refractivity contribution in [2.45, 2.75) is 50.5 Å². The van der Waals surface area contributed by atoms with E-state index in [1.807, 2.05) is 6.92 Å². The fraction of sp³-hybridized carbons (Fsp3) is 0.526. The van der Waals surface area contributed by atoms with Gasteiger partial charge in [0.1, 0.15) is 6.04 Å². The van der Waals surface area contributed by atoms with E-state index >= 15 is 0 Å². The molecule has 2 N–H and O–H groups in total. The minimum atomic E-state index is -4.01. The highest BCUT2D eigenvalue weighted by Gasteiger charge is 2.40. The fourth-order valence-corrected chi connectivity index (χ4v) is 4.57. The highest BCUT2D eigenvalue weighted by atomic mass is 32.2. The summed E-state index contributed by atoms with van der Waals surface area (Å²) in [4.78, 5) is 35.5. The monoisotopic (exact) mass is 425 g/mol. The molecule has 0 bridgehead atoms. The maximum Gasteiger partial charge on any atom is 0.307 e. The van der Waals surface area contributed by atoms with Crippen molar-refractivity contribution in [3.8, 4) is 0 Å². The first kappa shape index (κ1) is 22.8. The van der Waals surface area contributed by atoms with E-state index in [1.54, 1.807) is 0 Å². The second kappa shape index (κ2) is 10.4. The molecular formula is C19H27N3O6S. The molecule has 1 unspecified atom stereocenters. The van der Waals surface area contributed by atoms with Gasteiger partial charge >= 0.3 is 5.97 Å². The molecule has 2 amide bonds. The molecule has 29 heavy (non-hydrogen) atoms. The Hall–Kier alpha value is -2.46. The summed E-state index contributed by atoms with van der Waals surface area (Å²) in [6, 6.07) is 4.48. The lowest BCUT2D eigenvalue weighted by Crippen LogP contribution is -2.57. The van der Waals surface area contributed by atoms with Crippen molar-refractivity contribution in [3.05, 3.63) is 24.3 Å². The first-order valence-electron chi connectivity index (χ1n) is 9.58. The number of nitrogens with zero attached hydrogens (tertiary/aromatic N) is 1. The number of unbranched alkanes of at least 4 members (excludes halogenated alkanes) is 2. The molecule has 1 fully saturated rings. The molecule has 0 radical (unpaired) electrons. The molecule has 10 heteroatoms. The van der Waals surface area contributed by atoms with E-state index in [0.717, 1.165) is 23.6 Å². The highest BCUT2D eigenvalue weighted by Crippen LogP contribution is 2.23. The zero-order valence-electron chi connectivity index (χ0n) is 16.6. The minimum absolute atomic E-state index is 0.0254. The summed E-state index contributed by atoms with van der Waals surface area (Å²) in [6.07, 6.45) is 2.28. The van der Waals surface area contributed by atoms with Crippen molar-refractivity contribution in [3.63, 3.8) is 0 Å². The zero-order valence-corrected chi connectivity index (χ0v) is 17.5. The summed E-state index contributed by atoms with van der Waals surface area (Å²) >= 11 is 0. The van der Waals surface area contributed by atoms with Crippen LogP contribution in [0.1, 0.15) is 39.5 Å². The van der Waals surface area contributed by atoms with Crippen LogP contribution < -0.4 is 10.6 Å². The van der Waals surface area contributed by atoms with Crippen LogP contribution in [-0.2, 0) is 29.1 Å². The summed E-state index contributed by atoms with van der Waals surface area (Å²) in [7, 11) is -4.01. The summed E-state index contributed by atoms with van der Waals surface area (Å²) < 4.78 is 32.3. The summed E-state index contributed by atoms with van der Waals surface area (Å²) in [5, 5.41) is 5.16. The van der Waals surface area contributed by atoms with Crippen LogP contribution in [0.2, 0.25) is 0 Å². The zero-order chi connectivity index (χ0) is 21.4. The number of benzene rings is 1. The third-order valence-corrected chi connectivity index (χ3v) is 6.36. The van der Waals surface area contributed by atoms with Crippen molar-refractivity contribution in [1.82, 2.24) is 9.62 Å². The number of anilines is 1. The standard InChI is InChI=1S/C19H27N3O6S/c1-3-4-5-12-28-18(24)13-17-19(25)20-10-11-22(17)29(26,27)16-8-6-15(7-9-16)21-14(2)23/h6-9,17H,3-5,10-13H2,1-2H3,(H,20,25)(H,21,23). The molecule has 0 aliphatic carbocycles. The van der Waals surface area contributed by atoms with Gasteiger partial charge in [0.25, 0.3) is 0 Å². The largest absolute Gasteiger partial charge is 0.466 e. The van der Waals surface area contributed by atoms with E-state index in [-0.39, 0.29) is 36.9 Å². The number of hydrogen-bond acceptors (Lipinski definition) is 6. The average molecular weight is 426 g/mol. The molecule has 0 saturated carbocycles. The van der Waals surface area contributed by atoms with E-state index in [0.29, 0.717) is 5.69 Å². The number of rotatable bonds is 9. The Morgan fingerprint density at radius 3 is 2.55 bits per heavy atom. The molecule has 1 aliphatic heterocycles. The number of hydrogen-bond donors (Lipinski definition) is 2. The van der Waals surface area contributed by atoms with Crippen LogP contribution in [0.15, 0.2) is 29.2 Å². The number of piperazine rings is 1. The smallest absolute Gasteiger partial charge is 0.307 e. The molecule has 160 valence electrons. The number of ether oxygens (including phenoxy) is 1. The topological polar surface area (TPSA) is 122 Å². The van der Waals surface area contributed by atoms with E-state index in [1.165, 1.54) is 31.2 Å². The number of amides is 2. The van der Waals surface area contributed by atoms with Crippen LogP contribution in [0.4, 0.5) is 5.69 Å². The van der Waals surface area contributed by atoms with Crippen LogP contribution in [0.3, 0.4) is 0 Å². The predicted octanol–water partition coefficient (Wildman–Crippen LogP) is 1.26. The van der Waals surface area contributed by atoms with Gasteiger partial charge in [-0.25, -0.2) is 8.42 Å². The Kier molecular flexibility index (Phi) is 8.15. The van der Waals surface area contributed by atoms with Crippen molar-refractivity contribution in [2.24, 2.45) is 0 Å². The van der Waals surface area contributed by atoms with Gasteiger partial charge in [0.2, 0.25) is 21.8 Å². The molecule has 1 aliphatic rings. The second-order valence-corrected chi connectivity index (χ2v) is 8.65. The average Bonchev–Trinajstić information content (AvgIpc) is 2.66. The molecule has 1 aromatic carbocycles. The lowest BCUT2D eigenvalue weighted by atomic mass is 10.1. The van der Waals surface area contributed by atoms with Gasteiger partial charge in [-0.2, -0.15) is 4.31 Å². The maximum absolute atomic E-state index is 13.1. The Bertz CT molecular complexity index is 838. The predicted molar refractivity (Wildman–Crippen MR) is 107 cm³/mol. The quantitative estimate of drug-likeness (QED) is 0.454. The van der Waals surface area contributed by atoms with Crippen LogP contribution in [0, 0.1) is 0 Å². The van der Waals surface area contributed by atoms with Gasteiger partial charge in [-0.1, -0.05) is 19.8 Å². The summed E-state index contributed by atoms with van der Waals surface area (Å²) in [5.41, 5.74) is 0.458. The summed E-state index contributed by atoms with van der Waals surface area (Å²) in [5.74, 6) is -1.41. The second-order valence-electron chi connectivity index (χ2n) is 6.76. The molecule has 0 aromatic heterocycles. The Morgan fingerprint density at radius 2 is 1.93 bits per heavy atom. The van der Waals surface area contributed by atoms with Crippen molar-refractivity contribution >= 4 is 33.5 Å².